The number of benzene rings is 1. The van der Waals surface area contributed by atoms with Crippen molar-refractivity contribution in [2.75, 3.05) is 18.5 Å². The first kappa shape index (κ1) is 20.4. The second kappa shape index (κ2) is 8.93. The van der Waals surface area contributed by atoms with Crippen LogP contribution in [0.15, 0.2) is 57.4 Å². The molecule has 5 aromatic rings. The fraction of sp³-hybridized carbons (Fsp3) is 0.182. The zero-order chi connectivity index (χ0) is 21.9. The summed E-state index contributed by atoms with van der Waals surface area (Å²) >= 11 is 3.17. The molecule has 4 aromatic heterocycles. The van der Waals surface area contributed by atoms with Crippen molar-refractivity contribution in [2.24, 2.45) is 0 Å². The van der Waals surface area contributed by atoms with Gasteiger partial charge in [-0.1, -0.05) is 17.3 Å². The van der Waals surface area contributed by atoms with Crippen LogP contribution in [-0.4, -0.2) is 33.3 Å². The second-order valence-corrected chi connectivity index (χ2v) is 8.94. The van der Waals surface area contributed by atoms with Crippen molar-refractivity contribution >= 4 is 38.6 Å². The van der Waals surface area contributed by atoms with E-state index in [1.807, 2.05) is 19.1 Å². The maximum absolute atomic E-state index is 11.4. The van der Waals surface area contributed by atoms with Gasteiger partial charge in [0.1, 0.15) is 22.8 Å². The van der Waals surface area contributed by atoms with E-state index in [4.69, 9.17) is 4.74 Å². The van der Waals surface area contributed by atoms with Crippen molar-refractivity contribution in [1.82, 2.24) is 20.1 Å². The summed E-state index contributed by atoms with van der Waals surface area (Å²) in [5.41, 5.74) is 2.04. The topological polar surface area (TPSA) is 106 Å². The Bertz CT molecular complexity index is 1420. The predicted octanol–water partition coefficient (Wildman–Crippen LogP) is 4.82. The molecule has 0 aliphatic carbocycles. The summed E-state index contributed by atoms with van der Waals surface area (Å²) in [5, 5.41) is 10.6. The van der Waals surface area contributed by atoms with Gasteiger partial charge in [-0.2, -0.15) is 0 Å². The largest absolute Gasteiger partial charge is 0.492 e. The number of nitrogens with one attached hydrogen (secondary N) is 2. The molecular weight excluding hydrogens is 446 g/mol. The third kappa shape index (κ3) is 4.27. The Labute approximate surface area is 190 Å². The van der Waals surface area contributed by atoms with Crippen molar-refractivity contribution < 1.29 is 9.26 Å². The Balaban J connectivity index is 1.32. The van der Waals surface area contributed by atoms with Gasteiger partial charge in [-0.25, -0.2) is 14.8 Å². The third-order valence-corrected chi connectivity index (χ3v) is 6.85. The average molecular weight is 466 g/mol. The van der Waals surface area contributed by atoms with Gasteiger partial charge < -0.3 is 10.1 Å². The van der Waals surface area contributed by atoms with E-state index in [2.05, 4.69) is 59.6 Å². The number of H-pyrrole nitrogens is 1. The van der Waals surface area contributed by atoms with Crippen molar-refractivity contribution in [3.63, 3.8) is 0 Å². The molecule has 5 rings (SSSR count). The normalized spacial score (nSPS) is 11.2. The van der Waals surface area contributed by atoms with Gasteiger partial charge in [0.15, 0.2) is 5.82 Å². The Morgan fingerprint density at radius 2 is 2.12 bits per heavy atom. The molecule has 10 heteroatoms. The molecule has 0 bridgehead atoms. The molecule has 1 aromatic carbocycles. The average Bonchev–Trinajstić information content (AvgIpc) is 3.53. The maximum atomic E-state index is 11.4. The molecule has 2 N–H and O–H groups in total. The van der Waals surface area contributed by atoms with E-state index in [1.165, 1.54) is 33.3 Å². The summed E-state index contributed by atoms with van der Waals surface area (Å²) < 4.78 is 11.7. The van der Waals surface area contributed by atoms with Crippen LogP contribution in [0.1, 0.15) is 12.5 Å². The van der Waals surface area contributed by atoms with Crippen LogP contribution in [0.4, 0.5) is 5.82 Å². The maximum Gasteiger partial charge on any atom is 0.439 e. The summed E-state index contributed by atoms with van der Waals surface area (Å²) in [4.78, 5) is 24.2. The van der Waals surface area contributed by atoms with Crippen LogP contribution in [0, 0.1) is 0 Å². The predicted molar refractivity (Wildman–Crippen MR) is 127 cm³/mol. The van der Waals surface area contributed by atoms with Crippen LogP contribution in [0.25, 0.3) is 31.4 Å². The Hall–Kier alpha value is -3.50. The molecule has 0 amide bonds. The van der Waals surface area contributed by atoms with Crippen molar-refractivity contribution in [1.29, 1.82) is 0 Å². The van der Waals surface area contributed by atoms with Gasteiger partial charge in [0.25, 0.3) is 0 Å². The SMILES string of the molecule is CCOc1cc(-c2cc(NCCc3ccc4sccc4c3)ncn2)sc1-c1noc(=O)[nH]1. The number of hydrogen-bond acceptors (Lipinski definition) is 9. The lowest BCUT2D eigenvalue weighted by Crippen LogP contribution is -2.06. The molecule has 0 unspecified atom stereocenters. The molecule has 0 spiro atoms. The lowest BCUT2D eigenvalue weighted by Gasteiger charge is -2.07. The van der Waals surface area contributed by atoms with Crippen molar-refractivity contribution in [3.8, 4) is 27.0 Å². The first-order chi connectivity index (χ1) is 15.7. The first-order valence-electron chi connectivity index (χ1n) is 10.0. The van der Waals surface area contributed by atoms with Gasteiger partial charge in [-0.3, -0.25) is 9.51 Å². The van der Waals surface area contributed by atoms with E-state index in [-0.39, 0.29) is 0 Å². The monoisotopic (exact) mass is 465 g/mol. The summed E-state index contributed by atoms with van der Waals surface area (Å²) in [5.74, 6) is 1.09. The number of anilines is 1. The number of hydrogen-bond donors (Lipinski definition) is 2. The number of rotatable bonds is 8. The van der Waals surface area contributed by atoms with Crippen LogP contribution in [0.3, 0.4) is 0 Å². The highest BCUT2D eigenvalue weighted by Gasteiger charge is 2.18. The van der Waals surface area contributed by atoms with Gasteiger partial charge in [0.05, 0.1) is 17.2 Å². The zero-order valence-electron chi connectivity index (χ0n) is 17.1. The molecule has 0 aliphatic rings. The molecule has 0 saturated heterocycles. The summed E-state index contributed by atoms with van der Waals surface area (Å²) in [6.45, 7) is 3.14. The number of ether oxygens (including phenoxy) is 1. The molecule has 0 saturated carbocycles. The number of aromatic amines is 1. The standard InChI is InChI=1S/C22H19N5O3S2/c1-2-29-16-11-18(32-20(16)21-26-22(28)30-27-21)15-10-19(25-12-24-15)23-7-5-13-3-4-17-14(9-13)6-8-31-17/h3-4,6,8-12H,2,5,7H2,1H3,(H,23,24,25)(H,26,27,28). The Kier molecular flexibility index (Phi) is 5.70. The second-order valence-electron chi connectivity index (χ2n) is 6.94. The zero-order valence-corrected chi connectivity index (χ0v) is 18.8. The minimum absolute atomic E-state index is 0.338. The molecular formula is C22H19N5O3S2. The molecule has 4 heterocycles. The fourth-order valence-electron chi connectivity index (χ4n) is 3.35. The number of thiophene rings is 2. The Morgan fingerprint density at radius 1 is 1.19 bits per heavy atom. The highest BCUT2D eigenvalue weighted by atomic mass is 32.1. The van der Waals surface area contributed by atoms with E-state index in [1.54, 1.807) is 11.3 Å². The lowest BCUT2D eigenvalue weighted by molar-refractivity contribution is 0.342. The van der Waals surface area contributed by atoms with Crippen molar-refractivity contribution in [2.45, 2.75) is 13.3 Å². The number of nitrogens with zero attached hydrogens (tertiary/aromatic N) is 3. The molecule has 32 heavy (non-hydrogen) atoms. The van der Waals surface area contributed by atoms with E-state index < -0.39 is 5.76 Å². The smallest absolute Gasteiger partial charge is 0.439 e. The number of fused-ring (bicyclic) bond motifs is 1. The number of aromatic nitrogens is 4. The Morgan fingerprint density at radius 3 is 2.97 bits per heavy atom. The van der Waals surface area contributed by atoms with Gasteiger partial charge in [-0.05, 0) is 41.8 Å². The summed E-state index contributed by atoms with van der Waals surface area (Å²) in [6, 6.07) is 12.5. The minimum atomic E-state index is -0.607. The van der Waals surface area contributed by atoms with Crippen LogP contribution < -0.4 is 15.8 Å². The van der Waals surface area contributed by atoms with Crippen LogP contribution in [0.5, 0.6) is 5.75 Å². The van der Waals surface area contributed by atoms with Crippen LogP contribution in [-0.2, 0) is 6.42 Å². The lowest BCUT2D eigenvalue weighted by atomic mass is 10.1. The summed E-state index contributed by atoms with van der Waals surface area (Å²) in [7, 11) is 0. The van der Waals surface area contributed by atoms with Crippen molar-refractivity contribution in [3.05, 3.63) is 64.2 Å². The van der Waals surface area contributed by atoms with Gasteiger partial charge in [0.2, 0.25) is 0 Å². The fourth-order valence-corrected chi connectivity index (χ4v) is 5.13. The third-order valence-electron chi connectivity index (χ3n) is 4.81. The molecule has 0 atom stereocenters. The molecule has 162 valence electrons. The van der Waals surface area contributed by atoms with Gasteiger partial charge in [0, 0.05) is 23.4 Å². The van der Waals surface area contributed by atoms with E-state index in [0.717, 1.165) is 29.4 Å². The van der Waals surface area contributed by atoms with Gasteiger partial charge in [-0.15, -0.1) is 22.7 Å². The van der Waals surface area contributed by atoms with E-state index in [0.29, 0.717) is 23.1 Å². The van der Waals surface area contributed by atoms with Crippen LogP contribution >= 0.6 is 22.7 Å². The molecule has 8 nitrogen and oxygen atoms in total. The minimum Gasteiger partial charge on any atom is -0.492 e. The summed E-state index contributed by atoms with van der Waals surface area (Å²) in [6.07, 6.45) is 2.43. The highest BCUT2D eigenvalue weighted by molar-refractivity contribution is 7.19. The highest BCUT2D eigenvalue weighted by Crippen LogP contribution is 2.41. The molecule has 0 radical (unpaired) electrons. The molecule has 0 fully saturated rings. The first-order valence-corrected chi connectivity index (χ1v) is 11.7. The van der Waals surface area contributed by atoms with Gasteiger partial charge >= 0.3 is 5.76 Å². The quantitative estimate of drug-likeness (QED) is 0.338. The van der Waals surface area contributed by atoms with E-state index in [9.17, 15) is 4.79 Å². The molecule has 0 aliphatic heterocycles. The van der Waals surface area contributed by atoms with Crippen LogP contribution in [0.2, 0.25) is 0 Å². The van der Waals surface area contributed by atoms with E-state index >= 15 is 0 Å².